The van der Waals surface area contributed by atoms with Gasteiger partial charge in [0.25, 0.3) is 0 Å². The molecule has 0 aromatic carbocycles. The van der Waals surface area contributed by atoms with Gasteiger partial charge in [-0.3, -0.25) is 0 Å². The second-order valence-electron chi connectivity index (χ2n) is 14.8. The third-order valence-corrected chi connectivity index (χ3v) is 11.0. The highest BCUT2D eigenvalue weighted by atomic mass is 16.8. The second-order valence-corrected chi connectivity index (χ2v) is 14.8. The summed E-state index contributed by atoms with van der Waals surface area (Å²) in [5, 5.41) is 78.6. The Bertz CT molecular complexity index is 1290. The minimum absolute atomic E-state index is 0.0838. The van der Waals surface area contributed by atoms with Crippen molar-refractivity contribution in [3.8, 4) is 0 Å². The normalized spacial score (nSPS) is 37.0. The molecular formula is C36H57N2O14+. The van der Waals surface area contributed by atoms with Crippen molar-refractivity contribution < 1.29 is 79.2 Å². The number of allylic oxidation sites excluding steroid dienone is 1. The van der Waals surface area contributed by atoms with Crippen molar-refractivity contribution in [2.75, 3.05) is 46.6 Å². The van der Waals surface area contributed by atoms with Crippen LogP contribution >= 0.6 is 0 Å². The molecule has 0 amide bonds. The third-order valence-electron chi connectivity index (χ3n) is 11.0. The summed E-state index contributed by atoms with van der Waals surface area (Å²) in [6, 6.07) is 0. The van der Waals surface area contributed by atoms with Gasteiger partial charge < -0.3 is 74.4 Å². The van der Waals surface area contributed by atoms with E-state index in [2.05, 4.69) is 0 Å². The molecule has 52 heavy (non-hydrogen) atoms. The van der Waals surface area contributed by atoms with Crippen LogP contribution in [0, 0.1) is 17.8 Å². The Hall–Kier alpha value is -2.48. The van der Waals surface area contributed by atoms with Crippen LogP contribution in [0.4, 0.5) is 0 Å². The first-order valence-electron chi connectivity index (χ1n) is 18.7. The topological polar surface area (TPSA) is 246 Å². The number of likely N-dealkylation sites (tertiary alicyclic amines) is 1. The van der Waals surface area contributed by atoms with Crippen LogP contribution in [0.3, 0.4) is 0 Å². The van der Waals surface area contributed by atoms with Crippen LogP contribution in [0.25, 0.3) is 0 Å². The standard InChI is InChI=1S/C36H56N2O14/c1-37-21-49-30-34(51-28(19-40)29(41)36(30,46)47)52-33-26(16-22-7-5-6-8-22)35(45,27(20-48-33)32(44)50-25-9-3-2-4-10-25)12-11-23-15-24(31(42)43)18-38(17-23)13-14-39/h11-12,16,20,23-26,28-30,33-34,37,39-41,45-47H,2-10,13-15,17-19,21H2,1H3,(H,42,43)/p+1. The van der Waals surface area contributed by atoms with E-state index in [0.717, 1.165) is 61.7 Å². The largest absolute Gasteiger partial charge is 0.550 e. The Balaban J connectivity index is 1.54. The maximum Gasteiger partial charge on any atom is 0.340 e. The zero-order valence-electron chi connectivity index (χ0n) is 29.8. The van der Waals surface area contributed by atoms with Crippen LogP contribution in [0.1, 0.15) is 64.2 Å². The molecule has 0 aromatic heterocycles. The van der Waals surface area contributed by atoms with Gasteiger partial charge in [-0.2, -0.15) is 0 Å². The zero-order chi connectivity index (χ0) is 37.5. The number of rotatable bonds is 14. The highest BCUT2D eigenvalue weighted by Gasteiger charge is 2.59. The summed E-state index contributed by atoms with van der Waals surface area (Å²) in [7, 11) is 1.67. The van der Waals surface area contributed by atoms with Crippen molar-refractivity contribution in [3.05, 3.63) is 35.6 Å². The molecule has 3 aliphatic heterocycles. The number of nitrogens with one attached hydrogen (secondary N) is 1. The minimum atomic E-state index is -2.92. The van der Waals surface area contributed by atoms with E-state index in [1.807, 2.05) is 0 Å². The lowest BCUT2D eigenvalue weighted by molar-refractivity contribution is -0.911. The van der Waals surface area contributed by atoms with E-state index in [4.69, 9.17) is 23.7 Å². The first kappa shape index (κ1) is 40.7. The van der Waals surface area contributed by atoms with Gasteiger partial charge in [0.05, 0.1) is 45.2 Å². The Morgan fingerprint density at radius 3 is 2.46 bits per heavy atom. The highest BCUT2D eigenvalue weighted by molar-refractivity contribution is 5.91. The number of piperidine rings is 1. The Labute approximate surface area is 303 Å². The fourth-order valence-electron chi connectivity index (χ4n) is 8.13. The second kappa shape index (κ2) is 18.2. The number of carbonyl (C=O) groups excluding carboxylic acids is 2. The maximum absolute atomic E-state index is 14.0. The van der Waals surface area contributed by atoms with Gasteiger partial charge in [-0.25, -0.2) is 4.79 Å². The number of hydrogen-bond donors (Lipinski definition) is 8. The molecule has 0 radical (unpaired) electrons. The van der Waals surface area contributed by atoms with Gasteiger partial charge in [-0.1, -0.05) is 30.2 Å². The first-order valence-corrected chi connectivity index (χ1v) is 18.7. The summed E-state index contributed by atoms with van der Waals surface area (Å²) in [5.41, 5.74) is -1.35. The molecule has 5 rings (SSSR count). The average molecular weight is 742 g/mol. The fourth-order valence-corrected chi connectivity index (χ4v) is 8.13. The quantitative estimate of drug-likeness (QED) is 0.0482. The van der Waals surface area contributed by atoms with Crippen molar-refractivity contribution >= 4 is 11.9 Å². The van der Waals surface area contributed by atoms with E-state index in [-0.39, 0.29) is 43.9 Å². The van der Waals surface area contributed by atoms with E-state index in [0.29, 0.717) is 25.9 Å². The number of ether oxygens (including phenoxy) is 5. The molecule has 294 valence electrons. The van der Waals surface area contributed by atoms with Crippen LogP contribution in [0.5, 0.6) is 0 Å². The number of esters is 1. The van der Waals surface area contributed by atoms with Gasteiger partial charge in [0.15, 0.2) is 19.1 Å². The predicted octanol–water partition coefficient (Wildman–Crippen LogP) is -3.92. The molecule has 9 N–H and O–H groups in total. The molecule has 4 fully saturated rings. The molecule has 2 saturated carbocycles. The molecule has 5 aliphatic rings. The number of aliphatic carboxylic acids is 1. The predicted molar refractivity (Wildman–Crippen MR) is 177 cm³/mol. The van der Waals surface area contributed by atoms with Gasteiger partial charge in [0.2, 0.25) is 12.1 Å². The zero-order valence-corrected chi connectivity index (χ0v) is 29.8. The number of carboxylic acid groups (broad SMARTS) is 1. The molecular weight excluding hydrogens is 684 g/mol. The van der Waals surface area contributed by atoms with Crippen molar-refractivity contribution in [1.82, 2.24) is 0 Å². The first-order chi connectivity index (χ1) is 24.9. The summed E-state index contributed by atoms with van der Waals surface area (Å²) in [6.45, 7) is 0.0754. The average Bonchev–Trinajstić information content (AvgIpc) is 3.64. The summed E-state index contributed by atoms with van der Waals surface area (Å²) in [5.74, 6) is -7.22. The lowest BCUT2D eigenvalue weighted by Crippen LogP contribution is -3.15. The van der Waals surface area contributed by atoms with Crippen LogP contribution in [0.2, 0.25) is 0 Å². The number of carbonyl (C=O) groups is 2. The summed E-state index contributed by atoms with van der Waals surface area (Å²) >= 11 is 0. The van der Waals surface area contributed by atoms with E-state index >= 15 is 0 Å². The van der Waals surface area contributed by atoms with E-state index < -0.39 is 72.7 Å². The lowest BCUT2D eigenvalue weighted by Gasteiger charge is -2.48. The summed E-state index contributed by atoms with van der Waals surface area (Å²) < 4.78 is 29.7. The fraction of sp³-hybridized carbons (Fsp3) is 0.778. The van der Waals surface area contributed by atoms with E-state index in [9.17, 15) is 45.3 Å². The van der Waals surface area contributed by atoms with E-state index in [1.165, 1.54) is 6.08 Å². The molecule has 10 unspecified atom stereocenters. The molecule has 3 heterocycles. The summed E-state index contributed by atoms with van der Waals surface area (Å²) in [6.07, 6.45) is 5.12. The molecule has 10 atom stereocenters. The minimum Gasteiger partial charge on any atom is -0.550 e. The van der Waals surface area contributed by atoms with Gasteiger partial charge in [0, 0.05) is 11.8 Å². The van der Waals surface area contributed by atoms with Crippen molar-refractivity contribution in [2.45, 2.75) is 113 Å². The number of nitrogens with two attached hydrogens (primary N) is 1. The lowest BCUT2D eigenvalue weighted by atomic mass is 9.76. The van der Waals surface area contributed by atoms with E-state index in [1.54, 1.807) is 24.5 Å². The number of aliphatic hydroxyl groups is 6. The molecule has 0 bridgehead atoms. The Kier molecular flexibility index (Phi) is 14.3. The Morgan fingerprint density at radius 2 is 1.81 bits per heavy atom. The van der Waals surface area contributed by atoms with Gasteiger partial charge in [-0.15, -0.1) is 0 Å². The van der Waals surface area contributed by atoms with Gasteiger partial charge in [0.1, 0.15) is 42.3 Å². The van der Waals surface area contributed by atoms with Crippen LogP contribution in [-0.2, 0) is 33.3 Å². The van der Waals surface area contributed by atoms with Gasteiger partial charge >= 0.3 is 5.97 Å². The SMILES string of the molecule is C[NH2+]COC1C(OC2OC=C(C(=O)OC3CCCCC3)C(O)(C=CC3CC(C(=O)[O-])C[NH+](CCO)C3)C2C=C2CCCC2)OC(CO)C(O)C1(O)O. The Morgan fingerprint density at radius 1 is 1.08 bits per heavy atom. The monoisotopic (exact) mass is 741 g/mol. The maximum atomic E-state index is 14.0. The molecule has 0 spiro atoms. The highest BCUT2D eigenvalue weighted by Crippen LogP contribution is 2.43. The van der Waals surface area contributed by atoms with Crippen LogP contribution < -0.4 is 15.3 Å². The molecule has 16 nitrogen and oxygen atoms in total. The molecule has 2 aliphatic carbocycles. The number of carboxylic acids is 1. The van der Waals surface area contributed by atoms with Crippen molar-refractivity contribution in [2.24, 2.45) is 17.8 Å². The number of aliphatic hydroxyl groups excluding tert-OH is 3. The van der Waals surface area contributed by atoms with Crippen LogP contribution in [-0.4, -0.2) is 138 Å². The van der Waals surface area contributed by atoms with Crippen molar-refractivity contribution in [3.63, 3.8) is 0 Å². The summed E-state index contributed by atoms with van der Waals surface area (Å²) in [4.78, 5) is 26.8. The smallest absolute Gasteiger partial charge is 0.340 e. The number of hydrogen-bond acceptors (Lipinski definition) is 14. The molecule has 2 saturated heterocycles. The van der Waals surface area contributed by atoms with Crippen molar-refractivity contribution in [1.29, 1.82) is 0 Å². The van der Waals surface area contributed by atoms with Crippen LogP contribution in [0.15, 0.2) is 35.6 Å². The number of quaternary nitrogens is 2. The van der Waals surface area contributed by atoms with Gasteiger partial charge in [-0.05, 0) is 57.8 Å². The molecule has 16 heteroatoms. The third kappa shape index (κ3) is 9.41. The molecule has 0 aromatic rings.